The zero-order chi connectivity index (χ0) is 17.3. The number of nitrogens with zero attached hydrogens (tertiary/aromatic N) is 1. The standard InChI is InChI=1S/C20H35NO2/c1-4-6-7-8-9-10-11-12-13-14-15-16-17-18-20(23)21(3)19(22)5-2/h5,10-11H,2,4,6-9,12-18H2,1,3H3/b11-10-. The molecule has 0 saturated heterocycles. The number of allylic oxidation sites excluding steroid dienone is 2. The zero-order valence-electron chi connectivity index (χ0n) is 15.2. The van der Waals surface area contributed by atoms with Crippen LogP contribution in [0.15, 0.2) is 24.8 Å². The summed E-state index contributed by atoms with van der Waals surface area (Å²) >= 11 is 0. The van der Waals surface area contributed by atoms with Gasteiger partial charge < -0.3 is 0 Å². The molecular formula is C20H35NO2. The summed E-state index contributed by atoms with van der Waals surface area (Å²) in [6.07, 6.45) is 19.5. The second-order valence-corrected chi connectivity index (χ2v) is 6.12. The largest absolute Gasteiger partial charge is 0.282 e. The van der Waals surface area contributed by atoms with Gasteiger partial charge in [0.25, 0.3) is 5.91 Å². The van der Waals surface area contributed by atoms with Gasteiger partial charge in [-0.2, -0.15) is 0 Å². The maximum atomic E-state index is 11.7. The fourth-order valence-electron chi connectivity index (χ4n) is 2.42. The van der Waals surface area contributed by atoms with Crippen LogP contribution in [0.5, 0.6) is 0 Å². The molecule has 0 atom stereocenters. The third-order valence-electron chi connectivity index (χ3n) is 4.03. The number of unbranched alkanes of at least 4 members (excludes halogenated alkanes) is 9. The topological polar surface area (TPSA) is 37.4 Å². The summed E-state index contributed by atoms with van der Waals surface area (Å²) < 4.78 is 0. The van der Waals surface area contributed by atoms with Crippen LogP contribution < -0.4 is 0 Å². The maximum absolute atomic E-state index is 11.7. The van der Waals surface area contributed by atoms with Crippen molar-refractivity contribution >= 4 is 11.8 Å². The van der Waals surface area contributed by atoms with Crippen LogP contribution in [0.1, 0.15) is 84.0 Å². The molecule has 0 fully saturated rings. The Bertz CT molecular complexity index is 361. The Balaban J connectivity index is 3.39. The van der Waals surface area contributed by atoms with Crippen molar-refractivity contribution in [3.05, 3.63) is 24.8 Å². The number of hydrogen-bond donors (Lipinski definition) is 0. The quantitative estimate of drug-likeness (QED) is 0.243. The molecule has 0 heterocycles. The van der Waals surface area contributed by atoms with Gasteiger partial charge >= 0.3 is 0 Å². The Labute approximate surface area is 142 Å². The molecule has 0 aromatic carbocycles. The molecule has 0 rings (SSSR count). The van der Waals surface area contributed by atoms with Gasteiger partial charge in [0.1, 0.15) is 0 Å². The van der Waals surface area contributed by atoms with Crippen molar-refractivity contribution in [2.75, 3.05) is 7.05 Å². The summed E-state index contributed by atoms with van der Waals surface area (Å²) in [4.78, 5) is 24.1. The van der Waals surface area contributed by atoms with Crippen LogP contribution in [-0.4, -0.2) is 23.8 Å². The van der Waals surface area contributed by atoms with E-state index in [1.165, 1.54) is 64.5 Å². The van der Waals surface area contributed by atoms with E-state index < -0.39 is 0 Å². The number of hydrogen-bond acceptors (Lipinski definition) is 2. The summed E-state index contributed by atoms with van der Waals surface area (Å²) in [7, 11) is 1.51. The Morgan fingerprint density at radius 1 is 0.870 bits per heavy atom. The summed E-state index contributed by atoms with van der Waals surface area (Å²) in [5, 5.41) is 0. The van der Waals surface area contributed by atoms with Crippen molar-refractivity contribution in [2.24, 2.45) is 0 Å². The van der Waals surface area contributed by atoms with Crippen LogP contribution in [0, 0.1) is 0 Å². The van der Waals surface area contributed by atoms with Crippen LogP contribution in [-0.2, 0) is 9.59 Å². The van der Waals surface area contributed by atoms with E-state index in [0.717, 1.165) is 24.2 Å². The first kappa shape index (κ1) is 21.6. The lowest BCUT2D eigenvalue weighted by Crippen LogP contribution is -2.31. The van der Waals surface area contributed by atoms with Gasteiger partial charge in [0.15, 0.2) is 0 Å². The van der Waals surface area contributed by atoms with Crippen LogP contribution in [0.2, 0.25) is 0 Å². The Morgan fingerprint density at radius 3 is 1.96 bits per heavy atom. The van der Waals surface area contributed by atoms with Gasteiger partial charge in [-0.3, -0.25) is 14.5 Å². The first-order chi connectivity index (χ1) is 11.1. The minimum Gasteiger partial charge on any atom is -0.282 e. The maximum Gasteiger partial charge on any atom is 0.252 e. The van der Waals surface area contributed by atoms with Gasteiger partial charge in [-0.25, -0.2) is 0 Å². The zero-order valence-corrected chi connectivity index (χ0v) is 15.2. The molecule has 0 aliphatic rings. The van der Waals surface area contributed by atoms with E-state index in [1.54, 1.807) is 0 Å². The molecule has 3 heteroatoms. The second-order valence-electron chi connectivity index (χ2n) is 6.12. The summed E-state index contributed by atoms with van der Waals surface area (Å²) in [6.45, 7) is 5.63. The lowest BCUT2D eigenvalue weighted by Gasteiger charge is -2.12. The fourth-order valence-corrected chi connectivity index (χ4v) is 2.42. The molecule has 0 saturated carbocycles. The fraction of sp³-hybridized carbons (Fsp3) is 0.700. The van der Waals surface area contributed by atoms with E-state index in [9.17, 15) is 9.59 Å². The molecular weight excluding hydrogens is 286 g/mol. The smallest absolute Gasteiger partial charge is 0.252 e. The van der Waals surface area contributed by atoms with E-state index in [1.807, 2.05) is 0 Å². The average Bonchev–Trinajstić information content (AvgIpc) is 2.57. The summed E-state index contributed by atoms with van der Waals surface area (Å²) in [5.41, 5.74) is 0. The predicted molar refractivity (Wildman–Crippen MR) is 98.2 cm³/mol. The van der Waals surface area contributed by atoms with Crippen LogP contribution in [0.25, 0.3) is 0 Å². The number of carbonyl (C=O) groups excluding carboxylic acids is 2. The lowest BCUT2D eigenvalue weighted by atomic mass is 10.1. The molecule has 0 spiro atoms. The predicted octanol–water partition coefficient (Wildman–Crippen LogP) is 5.41. The Hall–Kier alpha value is -1.38. The molecule has 0 aromatic heterocycles. The van der Waals surface area contributed by atoms with Gasteiger partial charge in [-0.05, 0) is 38.2 Å². The highest BCUT2D eigenvalue weighted by Crippen LogP contribution is 2.09. The molecule has 0 unspecified atom stereocenters. The van der Waals surface area contributed by atoms with E-state index in [2.05, 4.69) is 25.7 Å². The molecule has 132 valence electrons. The average molecular weight is 322 g/mol. The first-order valence-electron chi connectivity index (χ1n) is 9.21. The van der Waals surface area contributed by atoms with Gasteiger partial charge in [-0.15, -0.1) is 0 Å². The normalized spacial score (nSPS) is 10.9. The van der Waals surface area contributed by atoms with E-state index in [4.69, 9.17) is 0 Å². The van der Waals surface area contributed by atoms with E-state index in [0.29, 0.717) is 6.42 Å². The number of amides is 2. The number of imide groups is 1. The molecule has 0 N–H and O–H groups in total. The summed E-state index contributed by atoms with van der Waals surface area (Å²) in [5.74, 6) is -0.433. The highest BCUT2D eigenvalue weighted by atomic mass is 16.2. The molecule has 0 aliphatic carbocycles. The SMILES string of the molecule is C=CC(=O)N(C)C(=O)CCCCCCC/C=C\CCCCCC. The number of likely N-dealkylation sites (N-methyl/N-ethyl adjacent to an activating group) is 1. The third-order valence-corrected chi connectivity index (χ3v) is 4.03. The van der Waals surface area contributed by atoms with Crippen molar-refractivity contribution in [3.8, 4) is 0 Å². The van der Waals surface area contributed by atoms with E-state index in [-0.39, 0.29) is 11.8 Å². The molecule has 2 amide bonds. The minimum atomic E-state index is -0.323. The Kier molecular flexibility index (Phi) is 14.6. The molecule has 23 heavy (non-hydrogen) atoms. The molecule has 0 radical (unpaired) electrons. The highest BCUT2D eigenvalue weighted by molar-refractivity contribution is 6.00. The summed E-state index contributed by atoms with van der Waals surface area (Å²) in [6, 6.07) is 0. The van der Waals surface area contributed by atoms with Crippen LogP contribution >= 0.6 is 0 Å². The van der Waals surface area contributed by atoms with Crippen molar-refractivity contribution < 1.29 is 9.59 Å². The van der Waals surface area contributed by atoms with Crippen LogP contribution in [0.4, 0.5) is 0 Å². The van der Waals surface area contributed by atoms with Gasteiger partial charge in [0.05, 0.1) is 0 Å². The monoisotopic (exact) mass is 321 g/mol. The lowest BCUT2D eigenvalue weighted by molar-refractivity contribution is -0.140. The third kappa shape index (κ3) is 12.8. The molecule has 3 nitrogen and oxygen atoms in total. The van der Waals surface area contributed by atoms with Crippen molar-refractivity contribution in [1.82, 2.24) is 4.90 Å². The Morgan fingerprint density at radius 2 is 1.39 bits per heavy atom. The van der Waals surface area contributed by atoms with Crippen molar-refractivity contribution in [1.29, 1.82) is 0 Å². The highest BCUT2D eigenvalue weighted by Gasteiger charge is 2.12. The van der Waals surface area contributed by atoms with Crippen molar-refractivity contribution in [2.45, 2.75) is 84.0 Å². The van der Waals surface area contributed by atoms with E-state index >= 15 is 0 Å². The first-order valence-corrected chi connectivity index (χ1v) is 9.21. The van der Waals surface area contributed by atoms with Crippen molar-refractivity contribution in [3.63, 3.8) is 0 Å². The van der Waals surface area contributed by atoms with Gasteiger partial charge in [0.2, 0.25) is 5.91 Å². The molecule has 0 aliphatic heterocycles. The van der Waals surface area contributed by atoms with Gasteiger partial charge in [-0.1, -0.05) is 64.2 Å². The minimum absolute atomic E-state index is 0.110. The molecule has 0 bridgehead atoms. The number of rotatable bonds is 14. The van der Waals surface area contributed by atoms with Gasteiger partial charge in [0, 0.05) is 13.5 Å². The van der Waals surface area contributed by atoms with Crippen LogP contribution in [0.3, 0.4) is 0 Å². The molecule has 0 aromatic rings. The second kappa shape index (κ2) is 15.5. The number of carbonyl (C=O) groups is 2.